The highest BCUT2D eigenvalue weighted by Crippen LogP contribution is 2.25. The second-order valence-corrected chi connectivity index (χ2v) is 4.98. The van der Waals surface area contributed by atoms with E-state index in [4.69, 9.17) is 4.74 Å². The monoisotopic (exact) mass is 249 g/mol. The van der Waals surface area contributed by atoms with Crippen molar-refractivity contribution in [3.8, 4) is 5.75 Å². The molecule has 0 bridgehead atoms. The maximum Gasteiger partial charge on any atom is 0.165 e. The normalized spacial score (nSPS) is 14.4. The zero-order chi connectivity index (χ0) is 13.0. The van der Waals surface area contributed by atoms with E-state index in [-0.39, 0.29) is 5.82 Å². The predicted octanol–water partition coefficient (Wildman–Crippen LogP) is 3.42. The molecule has 0 aromatic heterocycles. The Balaban J connectivity index is 2.02. The van der Waals surface area contributed by atoms with Gasteiger partial charge in [-0.2, -0.15) is 0 Å². The van der Waals surface area contributed by atoms with Gasteiger partial charge in [-0.25, -0.2) is 4.39 Å². The molecule has 0 radical (unpaired) electrons. The molecule has 2 nitrogen and oxygen atoms in total. The Morgan fingerprint density at radius 1 is 1.44 bits per heavy atom. The fourth-order valence-electron chi connectivity index (χ4n) is 1.69. The van der Waals surface area contributed by atoms with E-state index in [1.54, 1.807) is 6.07 Å². The van der Waals surface area contributed by atoms with Gasteiger partial charge in [0.05, 0.1) is 0 Å². The second-order valence-electron chi connectivity index (χ2n) is 4.98. The van der Waals surface area contributed by atoms with E-state index in [2.05, 4.69) is 5.32 Å². The third-order valence-corrected chi connectivity index (χ3v) is 2.93. The predicted molar refractivity (Wildman–Crippen MR) is 71.2 cm³/mol. The van der Waals surface area contributed by atoms with Gasteiger partial charge in [-0.3, -0.25) is 0 Å². The average molecular weight is 249 g/mol. The van der Waals surface area contributed by atoms with Gasteiger partial charge >= 0.3 is 0 Å². The largest absolute Gasteiger partial charge is 0.486 e. The lowest BCUT2D eigenvalue weighted by molar-refractivity contribution is 0.335. The van der Waals surface area contributed by atoms with Gasteiger partial charge in [0.2, 0.25) is 0 Å². The van der Waals surface area contributed by atoms with Gasteiger partial charge in [0.1, 0.15) is 6.61 Å². The van der Waals surface area contributed by atoms with Gasteiger partial charge in [0.25, 0.3) is 0 Å². The standard InChI is InChI=1S/C15H20FNO/c1-11(2)8-9-18-15-12(4-3-5-14(15)16)10-17-13-6-7-13/h3-5,8,13,17H,6-7,9-10H2,1-2H3. The smallest absolute Gasteiger partial charge is 0.165 e. The fourth-order valence-corrected chi connectivity index (χ4v) is 1.69. The van der Waals surface area contributed by atoms with Crippen LogP contribution in [-0.2, 0) is 6.54 Å². The van der Waals surface area contributed by atoms with Crippen molar-refractivity contribution in [2.75, 3.05) is 6.61 Å². The molecule has 1 aromatic rings. The van der Waals surface area contributed by atoms with Crippen molar-refractivity contribution in [2.24, 2.45) is 0 Å². The maximum absolute atomic E-state index is 13.7. The number of allylic oxidation sites excluding steroid dienone is 1. The quantitative estimate of drug-likeness (QED) is 0.780. The SMILES string of the molecule is CC(C)=CCOc1c(F)cccc1CNC1CC1. The molecular weight excluding hydrogens is 229 g/mol. The summed E-state index contributed by atoms with van der Waals surface area (Å²) in [5.74, 6) is 0.0930. The summed E-state index contributed by atoms with van der Waals surface area (Å²) >= 11 is 0. The van der Waals surface area contributed by atoms with Crippen LogP contribution >= 0.6 is 0 Å². The Morgan fingerprint density at radius 3 is 2.89 bits per heavy atom. The van der Waals surface area contributed by atoms with E-state index in [1.165, 1.54) is 24.5 Å². The Labute approximate surface area is 108 Å². The molecule has 0 spiro atoms. The molecule has 0 amide bonds. The van der Waals surface area contributed by atoms with Crippen LogP contribution < -0.4 is 10.1 Å². The van der Waals surface area contributed by atoms with E-state index >= 15 is 0 Å². The zero-order valence-corrected chi connectivity index (χ0v) is 11.0. The van der Waals surface area contributed by atoms with E-state index in [0.717, 1.165) is 5.56 Å². The summed E-state index contributed by atoms with van der Waals surface area (Å²) < 4.78 is 19.3. The third kappa shape index (κ3) is 3.84. The molecule has 0 aliphatic heterocycles. The van der Waals surface area contributed by atoms with E-state index in [0.29, 0.717) is 24.9 Å². The third-order valence-electron chi connectivity index (χ3n) is 2.93. The number of rotatable bonds is 6. The minimum Gasteiger partial charge on any atom is -0.486 e. The van der Waals surface area contributed by atoms with Crippen LogP contribution in [0.3, 0.4) is 0 Å². The molecule has 1 N–H and O–H groups in total. The lowest BCUT2D eigenvalue weighted by Crippen LogP contribution is -2.16. The molecule has 0 atom stereocenters. The number of hydrogen-bond donors (Lipinski definition) is 1. The van der Waals surface area contributed by atoms with Gasteiger partial charge in [-0.1, -0.05) is 17.7 Å². The summed E-state index contributed by atoms with van der Waals surface area (Å²) in [7, 11) is 0. The molecule has 1 fully saturated rings. The summed E-state index contributed by atoms with van der Waals surface area (Å²) in [6.07, 6.45) is 4.40. The van der Waals surface area contributed by atoms with Crippen LogP contribution in [0.2, 0.25) is 0 Å². The second kappa shape index (κ2) is 6.01. The summed E-state index contributed by atoms with van der Waals surface area (Å²) in [6, 6.07) is 5.70. The molecule has 0 heterocycles. The maximum atomic E-state index is 13.7. The van der Waals surface area contributed by atoms with Crippen LogP contribution in [0, 0.1) is 5.82 Å². The minimum atomic E-state index is -0.285. The number of ether oxygens (including phenoxy) is 1. The van der Waals surface area contributed by atoms with Crippen LogP contribution in [0.1, 0.15) is 32.3 Å². The van der Waals surface area contributed by atoms with Crippen LogP contribution in [0.4, 0.5) is 4.39 Å². The van der Waals surface area contributed by atoms with Crippen LogP contribution in [0.15, 0.2) is 29.8 Å². The van der Waals surface area contributed by atoms with Crippen LogP contribution in [0.5, 0.6) is 5.75 Å². The number of benzene rings is 1. The van der Waals surface area contributed by atoms with E-state index < -0.39 is 0 Å². The van der Waals surface area contributed by atoms with Crippen LogP contribution in [0.25, 0.3) is 0 Å². The Bertz CT molecular complexity index is 434. The Morgan fingerprint density at radius 2 is 2.22 bits per heavy atom. The molecule has 3 heteroatoms. The molecule has 1 aliphatic rings. The molecule has 1 aromatic carbocycles. The fraction of sp³-hybridized carbons (Fsp3) is 0.467. The number of halogens is 1. The lowest BCUT2D eigenvalue weighted by Gasteiger charge is -2.12. The van der Waals surface area contributed by atoms with E-state index in [9.17, 15) is 4.39 Å². The summed E-state index contributed by atoms with van der Waals surface area (Å²) in [5, 5.41) is 3.38. The summed E-state index contributed by atoms with van der Waals surface area (Å²) in [6.45, 7) is 5.09. The first-order valence-corrected chi connectivity index (χ1v) is 6.44. The molecule has 0 saturated heterocycles. The van der Waals surface area contributed by atoms with Gasteiger partial charge in [-0.05, 0) is 38.8 Å². The van der Waals surface area contributed by atoms with Crippen molar-refractivity contribution < 1.29 is 9.13 Å². The molecule has 18 heavy (non-hydrogen) atoms. The average Bonchev–Trinajstić information content (AvgIpc) is 3.12. The number of para-hydroxylation sites is 1. The topological polar surface area (TPSA) is 21.3 Å². The summed E-state index contributed by atoms with van der Waals surface area (Å²) in [5.41, 5.74) is 2.06. The molecular formula is C15H20FNO. The highest BCUT2D eigenvalue weighted by Gasteiger charge is 2.21. The lowest BCUT2D eigenvalue weighted by atomic mass is 10.2. The highest BCUT2D eigenvalue weighted by molar-refractivity contribution is 5.35. The highest BCUT2D eigenvalue weighted by atomic mass is 19.1. The Kier molecular flexibility index (Phi) is 4.37. The number of hydrogen-bond acceptors (Lipinski definition) is 2. The van der Waals surface area contributed by atoms with Gasteiger partial charge in [0, 0.05) is 18.2 Å². The molecule has 2 rings (SSSR count). The van der Waals surface area contributed by atoms with Crippen molar-refractivity contribution >= 4 is 0 Å². The first kappa shape index (κ1) is 13.1. The first-order chi connectivity index (χ1) is 8.66. The van der Waals surface area contributed by atoms with Gasteiger partial charge < -0.3 is 10.1 Å². The molecule has 98 valence electrons. The van der Waals surface area contributed by atoms with E-state index in [1.807, 2.05) is 26.0 Å². The van der Waals surface area contributed by atoms with Crippen LogP contribution in [-0.4, -0.2) is 12.6 Å². The number of nitrogens with one attached hydrogen (secondary N) is 1. The minimum absolute atomic E-state index is 0.285. The molecule has 1 aliphatic carbocycles. The van der Waals surface area contributed by atoms with Gasteiger partial charge in [-0.15, -0.1) is 0 Å². The zero-order valence-electron chi connectivity index (χ0n) is 11.0. The molecule has 1 saturated carbocycles. The Hall–Kier alpha value is -1.35. The van der Waals surface area contributed by atoms with Crippen molar-refractivity contribution in [2.45, 2.75) is 39.3 Å². The van der Waals surface area contributed by atoms with Crippen molar-refractivity contribution in [1.82, 2.24) is 5.32 Å². The first-order valence-electron chi connectivity index (χ1n) is 6.44. The van der Waals surface area contributed by atoms with Gasteiger partial charge in [0.15, 0.2) is 11.6 Å². The van der Waals surface area contributed by atoms with Crippen molar-refractivity contribution in [1.29, 1.82) is 0 Å². The summed E-state index contributed by atoms with van der Waals surface area (Å²) in [4.78, 5) is 0. The van der Waals surface area contributed by atoms with Crippen molar-refractivity contribution in [3.05, 3.63) is 41.2 Å². The van der Waals surface area contributed by atoms with Crippen molar-refractivity contribution in [3.63, 3.8) is 0 Å². The molecule has 0 unspecified atom stereocenters.